The highest BCUT2D eigenvalue weighted by atomic mass is 32.1. The molecule has 11 rings (SSSR count). The van der Waals surface area contributed by atoms with Gasteiger partial charge in [0, 0.05) is 52.8 Å². The second kappa shape index (κ2) is 10.9. The highest BCUT2D eigenvalue weighted by Crippen LogP contribution is 2.43. The number of fused-ring (bicyclic) bond motifs is 10. The fourth-order valence-corrected chi connectivity index (χ4v) is 8.38. The zero-order chi connectivity index (χ0) is 38.7. The Labute approximate surface area is 304 Å². The highest BCUT2D eigenvalue weighted by molar-refractivity contribution is 7.26. The average Bonchev–Trinajstić information content (AvgIpc) is 3.93. The summed E-state index contributed by atoms with van der Waals surface area (Å²) in [7, 11) is 0. The molecule has 0 bridgehead atoms. The second-order valence-electron chi connectivity index (χ2n) is 12.3. The largest absolute Gasteiger partial charge is 0.456 e. The molecule has 4 aromatic heterocycles. The standard InChI is InChI=1S/C45H26N4OS/c1-3-12-27(13-4-1)30-18-11-20-37-40(30)34-23-22-29(26-38(34)50-37)44-46-43(28-14-5-2-6-15-28)47-45(48-44)49-35-19-9-7-17-33(35)41-36(49)25-24-32-31-16-8-10-21-39(31)51-42(32)41/h1-26H/i11D,18D,20D,22D,23D,26D. The van der Waals surface area contributed by atoms with Gasteiger partial charge in [-0.2, -0.15) is 9.97 Å². The summed E-state index contributed by atoms with van der Waals surface area (Å²) in [6, 6.07) is 37.5. The van der Waals surface area contributed by atoms with Gasteiger partial charge in [0.2, 0.25) is 5.95 Å². The van der Waals surface area contributed by atoms with Gasteiger partial charge in [-0.1, -0.05) is 121 Å². The molecule has 0 saturated heterocycles. The van der Waals surface area contributed by atoms with Gasteiger partial charge < -0.3 is 4.42 Å². The summed E-state index contributed by atoms with van der Waals surface area (Å²) in [6.07, 6.45) is 0. The maximum atomic E-state index is 9.57. The average molecular weight is 677 g/mol. The summed E-state index contributed by atoms with van der Waals surface area (Å²) < 4.78 is 65.2. The van der Waals surface area contributed by atoms with Crippen molar-refractivity contribution in [3.8, 4) is 39.9 Å². The summed E-state index contributed by atoms with van der Waals surface area (Å²) in [5.74, 6) is 0.602. The van der Waals surface area contributed by atoms with Crippen LogP contribution in [0.2, 0.25) is 0 Å². The van der Waals surface area contributed by atoms with E-state index in [0.717, 1.165) is 31.9 Å². The van der Waals surface area contributed by atoms with E-state index >= 15 is 0 Å². The number of hydrogen-bond acceptors (Lipinski definition) is 5. The van der Waals surface area contributed by atoms with Crippen LogP contribution < -0.4 is 0 Å². The van der Waals surface area contributed by atoms with Crippen LogP contribution in [0, 0.1) is 0 Å². The Morgan fingerprint density at radius 2 is 1.25 bits per heavy atom. The van der Waals surface area contributed by atoms with Crippen LogP contribution >= 0.6 is 11.3 Å². The van der Waals surface area contributed by atoms with E-state index in [1.807, 2.05) is 59.2 Å². The van der Waals surface area contributed by atoms with Crippen molar-refractivity contribution >= 4 is 75.3 Å². The van der Waals surface area contributed by atoms with Crippen LogP contribution in [0.4, 0.5) is 0 Å². The first-order chi connectivity index (χ1) is 27.8. The number of hydrogen-bond donors (Lipinski definition) is 0. The van der Waals surface area contributed by atoms with Crippen LogP contribution in [-0.4, -0.2) is 19.5 Å². The number of aromatic nitrogens is 4. The topological polar surface area (TPSA) is 56.7 Å². The monoisotopic (exact) mass is 676 g/mol. The third kappa shape index (κ3) is 4.30. The van der Waals surface area contributed by atoms with Gasteiger partial charge >= 0.3 is 0 Å². The molecule has 0 spiro atoms. The molecule has 0 atom stereocenters. The van der Waals surface area contributed by atoms with Gasteiger partial charge in [0.05, 0.1) is 19.3 Å². The van der Waals surface area contributed by atoms with Crippen LogP contribution in [0.25, 0.3) is 104 Å². The third-order valence-electron chi connectivity index (χ3n) is 9.39. The maximum Gasteiger partial charge on any atom is 0.238 e. The molecule has 7 aromatic carbocycles. The molecule has 0 aliphatic rings. The van der Waals surface area contributed by atoms with Crippen LogP contribution in [0.5, 0.6) is 0 Å². The lowest BCUT2D eigenvalue weighted by molar-refractivity contribution is 0.669. The van der Waals surface area contributed by atoms with Crippen molar-refractivity contribution in [2.75, 3.05) is 0 Å². The molecule has 0 fully saturated rings. The van der Waals surface area contributed by atoms with Crippen molar-refractivity contribution < 1.29 is 12.6 Å². The predicted octanol–water partition coefficient (Wildman–Crippen LogP) is 12.2. The van der Waals surface area contributed by atoms with E-state index in [2.05, 4.69) is 42.5 Å². The number of nitrogens with zero attached hydrogens (tertiary/aromatic N) is 4. The van der Waals surface area contributed by atoms with Gasteiger partial charge in [-0.05, 0) is 47.5 Å². The lowest BCUT2D eigenvalue weighted by Crippen LogP contribution is -2.06. The Morgan fingerprint density at radius 3 is 2.10 bits per heavy atom. The SMILES string of the molecule is [2H]c1c([2H])c(-c2ccccc2)c2c(oc3c([2H])c(-c4nc(-c5ccccc5)nc(-n5c6ccccc6c6c7sc8ccccc8c7ccc65)n4)c([2H])c([2H])c32)c1[2H]. The zero-order valence-electron chi connectivity index (χ0n) is 32.7. The second-order valence-corrected chi connectivity index (χ2v) is 13.4. The minimum Gasteiger partial charge on any atom is -0.456 e. The summed E-state index contributed by atoms with van der Waals surface area (Å²) in [5.41, 5.74) is 3.23. The molecule has 0 radical (unpaired) electrons. The summed E-state index contributed by atoms with van der Waals surface area (Å²) >= 11 is 1.74. The summed E-state index contributed by atoms with van der Waals surface area (Å²) in [4.78, 5) is 14.9. The lowest BCUT2D eigenvalue weighted by atomic mass is 9.99. The van der Waals surface area contributed by atoms with Gasteiger partial charge in [-0.3, -0.25) is 4.57 Å². The maximum absolute atomic E-state index is 9.57. The zero-order valence-corrected chi connectivity index (χ0v) is 27.5. The van der Waals surface area contributed by atoms with Crippen molar-refractivity contribution in [1.82, 2.24) is 19.5 Å². The number of para-hydroxylation sites is 1. The molecule has 4 heterocycles. The first kappa shape index (κ1) is 22.9. The van der Waals surface area contributed by atoms with Gasteiger partial charge in [0.25, 0.3) is 0 Å². The number of rotatable bonds is 4. The third-order valence-corrected chi connectivity index (χ3v) is 10.6. The normalized spacial score (nSPS) is 13.6. The van der Waals surface area contributed by atoms with E-state index in [0.29, 0.717) is 22.5 Å². The Hall–Kier alpha value is -6.63. The van der Waals surface area contributed by atoms with Gasteiger partial charge in [0.15, 0.2) is 11.6 Å². The Balaban J connectivity index is 1.23. The van der Waals surface area contributed by atoms with Crippen molar-refractivity contribution in [1.29, 1.82) is 0 Å². The van der Waals surface area contributed by atoms with Crippen LogP contribution in [-0.2, 0) is 0 Å². The van der Waals surface area contributed by atoms with Gasteiger partial charge in [-0.25, -0.2) is 4.98 Å². The van der Waals surface area contributed by atoms with Gasteiger partial charge in [-0.15, -0.1) is 11.3 Å². The van der Waals surface area contributed by atoms with E-state index in [4.69, 9.17) is 23.5 Å². The van der Waals surface area contributed by atoms with E-state index < -0.39 is 0 Å². The first-order valence-electron chi connectivity index (χ1n) is 19.5. The Kier molecular flexibility index (Phi) is 4.91. The lowest BCUT2D eigenvalue weighted by Gasteiger charge is -2.11. The molecule has 0 aliphatic carbocycles. The van der Waals surface area contributed by atoms with Crippen molar-refractivity contribution in [3.05, 3.63) is 158 Å². The molecule has 238 valence electrons. The van der Waals surface area contributed by atoms with Crippen molar-refractivity contribution in [2.24, 2.45) is 0 Å². The molecule has 0 saturated carbocycles. The Bertz CT molecular complexity index is 3490. The number of benzene rings is 7. The quantitative estimate of drug-likeness (QED) is 0.186. The fraction of sp³-hybridized carbons (Fsp3) is 0. The van der Waals surface area contributed by atoms with Crippen molar-refractivity contribution in [3.63, 3.8) is 0 Å². The van der Waals surface area contributed by atoms with E-state index in [1.54, 1.807) is 35.6 Å². The van der Waals surface area contributed by atoms with Crippen LogP contribution in [0.3, 0.4) is 0 Å². The molecular formula is C45H26N4OS. The highest BCUT2D eigenvalue weighted by Gasteiger charge is 2.21. The van der Waals surface area contributed by atoms with E-state index in [-0.39, 0.29) is 75.5 Å². The Morgan fingerprint density at radius 1 is 0.529 bits per heavy atom. The molecule has 11 aromatic rings. The predicted molar refractivity (Wildman–Crippen MR) is 211 cm³/mol. The first-order valence-corrected chi connectivity index (χ1v) is 17.3. The minimum absolute atomic E-state index is 0.00956. The molecule has 0 amide bonds. The van der Waals surface area contributed by atoms with E-state index in [1.165, 1.54) is 10.1 Å². The number of thiophene rings is 1. The van der Waals surface area contributed by atoms with E-state index in [9.17, 15) is 4.11 Å². The fourth-order valence-electron chi connectivity index (χ4n) is 7.12. The summed E-state index contributed by atoms with van der Waals surface area (Å²) in [6.45, 7) is 0. The molecule has 5 nitrogen and oxygen atoms in total. The number of furan rings is 1. The molecular weight excluding hydrogens is 645 g/mol. The smallest absolute Gasteiger partial charge is 0.238 e. The molecule has 0 aliphatic heterocycles. The molecule has 6 heteroatoms. The van der Waals surface area contributed by atoms with Crippen LogP contribution in [0.1, 0.15) is 8.22 Å². The van der Waals surface area contributed by atoms with Crippen molar-refractivity contribution in [2.45, 2.75) is 0 Å². The molecule has 0 N–H and O–H groups in total. The molecule has 51 heavy (non-hydrogen) atoms. The summed E-state index contributed by atoms with van der Waals surface area (Å²) in [5, 5.41) is 4.81. The van der Waals surface area contributed by atoms with Gasteiger partial charge in [0.1, 0.15) is 11.2 Å². The minimum atomic E-state index is -0.335. The molecule has 0 unspecified atom stereocenters. The van der Waals surface area contributed by atoms with Crippen LogP contribution in [0.15, 0.2) is 162 Å².